The summed E-state index contributed by atoms with van der Waals surface area (Å²) in [4.78, 5) is 13.0. The van der Waals surface area contributed by atoms with Gasteiger partial charge in [0.2, 0.25) is 0 Å². The Hall–Kier alpha value is -0.760. The van der Waals surface area contributed by atoms with Crippen LogP contribution >= 0.6 is 11.8 Å². The lowest BCUT2D eigenvalue weighted by atomic mass is 9.96. The van der Waals surface area contributed by atoms with Crippen molar-refractivity contribution in [3.63, 3.8) is 0 Å². The quantitative estimate of drug-likeness (QED) is 0.790. The summed E-state index contributed by atoms with van der Waals surface area (Å²) in [6.07, 6.45) is 2.82. The maximum Gasteiger partial charge on any atom is 0.135 e. The molecule has 0 N–H and O–H groups in total. The van der Waals surface area contributed by atoms with Crippen LogP contribution in [0.4, 0.5) is 0 Å². The van der Waals surface area contributed by atoms with Crippen LogP contribution in [0.1, 0.15) is 32.3 Å². The Morgan fingerprint density at radius 1 is 1.50 bits per heavy atom. The standard InChI is InChI=1S/C14H18OS/c1-3-13(15)10(2)8-12-9-11-6-4-5-7-14(11)16-12/h4-7,10,12H,3,8-9H2,1-2H3. The molecule has 1 aliphatic rings. The van der Waals surface area contributed by atoms with Crippen LogP contribution in [0.5, 0.6) is 0 Å². The second-order valence-corrected chi connectivity index (χ2v) is 5.85. The Bertz CT molecular complexity index is 361. The summed E-state index contributed by atoms with van der Waals surface area (Å²) in [5.74, 6) is 0.619. The number of fused-ring (bicyclic) bond motifs is 1. The Labute approximate surface area is 102 Å². The van der Waals surface area contributed by atoms with Crippen molar-refractivity contribution >= 4 is 17.5 Å². The summed E-state index contributed by atoms with van der Waals surface area (Å²) in [6.45, 7) is 4.02. The summed E-state index contributed by atoms with van der Waals surface area (Å²) in [7, 11) is 0. The third kappa shape index (κ3) is 2.49. The third-order valence-corrected chi connectivity index (χ3v) is 4.57. The average molecular weight is 234 g/mol. The number of rotatable bonds is 4. The fourth-order valence-electron chi connectivity index (χ4n) is 2.26. The van der Waals surface area contributed by atoms with Crippen molar-refractivity contribution in [1.29, 1.82) is 0 Å². The maximum atomic E-state index is 11.6. The molecular weight excluding hydrogens is 216 g/mol. The molecule has 2 heteroatoms. The van der Waals surface area contributed by atoms with Gasteiger partial charge in [-0.2, -0.15) is 0 Å². The summed E-state index contributed by atoms with van der Waals surface area (Å²) >= 11 is 1.94. The highest BCUT2D eigenvalue weighted by atomic mass is 32.2. The Morgan fingerprint density at radius 3 is 2.94 bits per heavy atom. The predicted octanol–water partition coefficient (Wildman–Crippen LogP) is 3.71. The highest BCUT2D eigenvalue weighted by molar-refractivity contribution is 8.00. The zero-order valence-corrected chi connectivity index (χ0v) is 10.7. The number of hydrogen-bond acceptors (Lipinski definition) is 2. The van der Waals surface area contributed by atoms with E-state index in [1.807, 2.05) is 18.7 Å². The first-order valence-corrected chi connectivity index (χ1v) is 6.86. The molecule has 86 valence electrons. The van der Waals surface area contributed by atoms with Gasteiger partial charge >= 0.3 is 0 Å². The molecule has 0 amide bonds. The fourth-order valence-corrected chi connectivity index (χ4v) is 3.73. The van der Waals surface area contributed by atoms with Crippen LogP contribution in [-0.2, 0) is 11.2 Å². The lowest BCUT2D eigenvalue weighted by Gasteiger charge is -2.13. The van der Waals surface area contributed by atoms with Gasteiger partial charge < -0.3 is 0 Å². The zero-order chi connectivity index (χ0) is 11.5. The van der Waals surface area contributed by atoms with Crippen molar-refractivity contribution in [2.24, 2.45) is 5.92 Å². The van der Waals surface area contributed by atoms with Crippen molar-refractivity contribution in [3.05, 3.63) is 29.8 Å². The van der Waals surface area contributed by atoms with E-state index < -0.39 is 0 Å². The van der Waals surface area contributed by atoms with Gasteiger partial charge in [0, 0.05) is 22.5 Å². The smallest absolute Gasteiger partial charge is 0.135 e. The van der Waals surface area contributed by atoms with Gasteiger partial charge in [-0.15, -0.1) is 11.8 Å². The molecule has 0 bridgehead atoms. The molecule has 0 saturated carbocycles. The highest BCUT2D eigenvalue weighted by Crippen LogP contribution is 2.39. The van der Waals surface area contributed by atoms with E-state index in [4.69, 9.17) is 0 Å². The molecule has 0 aromatic heterocycles. The number of carbonyl (C=O) groups is 1. The van der Waals surface area contributed by atoms with Crippen LogP contribution in [0.25, 0.3) is 0 Å². The monoisotopic (exact) mass is 234 g/mol. The summed E-state index contributed by atoms with van der Waals surface area (Å²) < 4.78 is 0. The molecule has 0 aliphatic carbocycles. The molecule has 0 saturated heterocycles. The minimum Gasteiger partial charge on any atom is -0.299 e. The zero-order valence-electron chi connectivity index (χ0n) is 9.90. The number of Topliss-reactive ketones (excluding diaryl/α,β-unsaturated/α-hetero) is 1. The number of carbonyl (C=O) groups excluding carboxylic acids is 1. The van der Waals surface area contributed by atoms with Crippen LogP contribution in [0.2, 0.25) is 0 Å². The van der Waals surface area contributed by atoms with E-state index in [9.17, 15) is 4.79 Å². The molecule has 1 nitrogen and oxygen atoms in total. The molecule has 16 heavy (non-hydrogen) atoms. The third-order valence-electron chi connectivity index (χ3n) is 3.23. The Kier molecular flexibility index (Phi) is 3.70. The lowest BCUT2D eigenvalue weighted by molar-refractivity contribution is -0.122. The molecule has 1 aliphatic heterocycles. The highest BCUT2D eigenvalue weighted by Gasteiger charge is 2.25. The van der Waals surface area contributed by atoms with E-state index in [-0.39, 0.29) is 5.92 Å². The predicted molar refractivity (Wildman–Crippen MR) is 68.9 cm³/mol. The molecule has 1 aromatic rings. The van der Waals surface area contributed by atoms with Crippen LogP contribution in [0.15, 0.2) is 29.2 Å². The first-order chi connectivity index (χ1) is 7.70. The van der Waals surface area contributed by atoms with Gasteiger partial charge in [-0.25, -0.2) is 0 Å². The lowest BCUT2D eigenvalue weighted by Crippen LogP contribution is -2.15. The van der Waals surface area contributed by atoms with E-state index in [1.54, 1.807) is 0 Å². The van der Waals surface area contributed by atoms with Gasteiger partial charge in [0.25, 0.3) is 0 Å². The Balaban J connectivity index is 1.94. The van der Waals surface area contributed by atoms with E-state index in [0.29, 0.717) is 17.5 Å². The summed E-state index contributed by atoms with van der Waals surface area (Å²) in [6, 6.07) is 8.58. The van der Waals surface area contributed by atoms with Gasteiger partial charge in [0.05, 0.1) is 0 Å². The van der Waals surface area contributed by atoms with Crippen molar-refractivity contribution in [2.45, 2.75) is 43.3 Å². The number of ketones is 1. The average Bonchev–Trinajstić information content (AvgIpc) is 2.69. The molecule has 2 atom stereocenters. The summed E-state index contributed by atoms with van der Waals surface area (Å²) in [5, 5.41) is 0.600. The largest absolute Gasteiger partial charge is 0.299 e. The van der Waals surface area contributed by atoms with E-state index >= 15 is 0 Å². The minimum absolute atomic E-state index is 0.219. The molecular formula is C14H18OS. The van der Waals surface area contributed by atoms with Crippen molar-refractivity contribution in [2.75, 3.05) is 0 Å². The van der Waals surface area contributed by atoms with Gasteiger partial charge in [-0.1, -0.05) is 32.0 Å². The van der Waals surface area contributed by atoms with Crippen molar-refractivity contribution in [3.8, 4) is 0 Å². The first kappa shape index (κ1) is 11.7. The van der Waals surface area contributed by atoms with Crippen molar-refractivity contribution in [1.82, 2.24) is 0 Å². The SMILES string of the molecule is CCC(=O)C(C)CC1Cc2ccccc2S1. The molecule has 1 aromatic carbocycles. The van der Waals surface area contributed by atoms with Crippen LogP contribution in [0.3, 0.4) is 0 Å². The topological polar surface area (TPSA) is 17.1 Å². The number of thioether (sulfide) groups is 1. The second kappa shape index (κ2) is 5.05. The first-order valence-electron chi connectivity index (χ1n) is 5.98. The van der Waals surface area contributed by atoms with Crippen LogP contribution < -0.4 is 0 Å². The normalized spacial score (nSPS) is 20.5. The van der Waals surface area contributed by atoms with Gasteiger partial charge in [0.15, 0.2) is 0 Å². The number of benzene rings is 1. The summed E-state index contributed by atoms with van der Waals surface area (Å²) in [5.41, 5.74) is 1.45. The van der Waals surface area contributed by atoms with Crippen LogP contribution in [-0.4, -0.2) is 11.0 Å². The van der Waals surface area contributed by atoms with Gasteiger partial charge in [-0.3, -0.25) is 4.79 Å². The Morgan fingerprint density at radius 2 is 2.25 bits per heavy atom. The maximum absolute atomic E-state index is 11.6. The van der Waals surface area contributed by atoms with Gasteiger partial charge in [0.1, 0.15) is 5.78 Å². The molecule has 2 unspecified atom stereocenters. The fraction of sp³-hybridized carbons (Fsp3) is 0.500. The molecule has 0 radical (unpaired) electrons. The van der Waals surface area contributed by atoms with E-state index in [1.165, 1.54) is 10.5 Å². The minimum atomic E-state index is 0.219. The van der Waals surface area contributed by atoms with Crippen molar-refractivity contribution < 1.29 is 4.79 Å². The van der Waals surface area contributed by atoms with E-state index in [2.05, 4.69) is 31.2 Å². The molecule has 1 heterocycles. The molecule has 2 rings (SSSR count). The van der Waals surface area contributed by atoms with Crippen LogP contribution in [0, 0.1) is 5.92 Å². The van der Waals surface area contributed by atoms with E-state index in [0.717, 1.165) is 12.8 Å². The van der Waals surface area contributed by atoms with Gasteiger partial charge in [-0.05, 0) is 24.5 Å². The second-order valence-electron chi connectivity index (χ2n) is 4.51. The molecule has 0 fully saturated rings. The number of hydrogen-bond donors (Lipinski definition) is 0. The molecule has 0 spiro atoms.